The Bertz CT molecular complexity index is 1370. The fourth-order valence-corrected chi connectivity index (χ4v) is 4.46. The lowest BCUT2D eigenvalue weighted by molar-refractivity contribution is -0.384. The van der Waals surface area contributed by atoms with Crippen LogP contribution in [0.15, 0.2) is 78.0 Å². The molecule has 9 nitrogen and oxygen atoms in total. The number of carbonyl (C=O) groups is 1. The lowest BCUT2D eigenvalue weighted by Gasteiger charge is -2.12. The SMILES string of the molecule is CCC(C)NC(=O)c1ccc(CSc2nnc(-c3ccc([N+](=O)[O-])cc3)n2-c2ccc(OC)cc2)cc1. The lowest BCUT2D eigenvalue weighted by atomic mass is 10.1. The molecule has 0 aliphatic carbocycles. The van der Waals surface area contributed by atoms with E-state index in [1.165, 1.54) is 23.9 Å². The Morgan fingerprint density at radius 2 is 1.73 bits per heavy atom. The molecule has 1 unspecified atom stereocenters. The molecule has 3 aromatic carbocycles. The summed E-state index contributed by atoms with van der Waals surface area (Å²) in [6, 6.07) is 21.4. The summed E-state index contributed by atoms with van der Waals surface area (Å²) in [6.45, 7) is 4.01. The zero-order valence-electron chi connectivity index (χ0n) is 20.7. The van der Waals surface area contributed by atoms with E-state index < -0.39 is 4.92 Å². The largest absolute Gasteiger partial charge is 0.497 e. The van der Waals surface area contributed by atoms with Gasteiger partial charge in [-0.25, -0.2) is 0 Å². The number of carbonyl (C=O) groups excluding carboxylic acids is 1. The van der Waals surface area contributed by atoms with Gasteiger partial charge in [-0.2, -0.15) is 0 Å². The van der Waals surface area contributed by atoms with Crippen molar-refractivity contribution in [2.45, 2.75) is 37.2 Å². The van der Waals surface area contributed by atoms with Gasteiger partial charge in [0.2, 0.25) is 0 Å². The number of ether oxygens (including phenoxy) is 1. The van der Waals surface area contributed by atoms with E-state index in [1.54, 1.807) is 19.2 Å². The highest BCUT2D eigenvalue weighted by Crippen LogP contribution is 2.31. The van der Waals surface area contributed by atoms with E-state index >= 15 is 0 Å². The van der Waals surface area contributed by atoms with Crippen LogP contribution in [0.4, 0.5) is 5.69 Å². The van der Waals surface area contributed by atoms with Crippen molar-refractivity contribution in [3.63, 3.8) is 0 Å². The highest BCUT2D eigenvalue weighted by molar-refractivity contribution is 7.98. The predicted octanol–water partition coefficient (Wildman–Crippen LogP) is 5.67. The Morgan fingerprint density at radius 3 is 2.32 bits per heavy atom. The van der Waals surface area contributed by atoms with Gasteiger partial charge in [0.05, 0.1) is 12.0 Å². The topological polar surface area (TPSA) is 112 Å². The summed E-state index contributed by atoms with van der Waals surface area (Å²) >= 11 is 1.51. The highest BCUT2D eigenvalue weighted by Gasteiger charge is 2.18. The number of aromatic nitrogens is 3. The summed E-state index contributed by atoms with van der Waals surface area (Å²) in [5.41, 5.74) is 3.20. The number of thioether (sulfide) groups is 1. The molecular weight excluding hydrogens is 490 g/mol. The number of non-ortho nitro benzene ring substituents is 1. The van der Waals surface area contributed by atoms with E-state index in [-0.39, 0.29) is 17.6 Å². The van der Waals surface area contributed by atoms with Crippen LogP contribution in [0.3, 0.4) is 0 Å². The third-order valence-electron chi connectivity index (χ3n) is 5.87. The van der Waals surface area contributed by atoms with E-state index in [1.807, 2.05) is 66.9 Å². The van der Waals surface area contributed by atoms with Crippen LogP contribution in [0.2, 0.25) is 0 Å². The molecule has 0 radical (unpaired) electrons. The van der Waals surface area contributed by atoms with Crippen molar-refractivity contribution in [2.24, 2.45) is 0 Å². The molecule has 0 spiro atoms. The first kappa shape index (κ1) is 25.9. The van der Waals surface area contributed by atoms with Gasteiger partial charge in [-0.05, 0) is 67.4 Å². The van der Waals surface area contributed by atoms with Gasteiger partial charge in [0.1, 0.15) is 5.75 Å². The van der Waals surface area contributed by atoms with E-state index in [4.69, 9.17) is 4.74 Å². The summed E-state index contributed by atoms with van der Waals surface area (Å²) in [6.07, 6.45) is 0.872. The van der Waals surface area contributed by atoms with Crippen LogP contribution in [0, 0.1) is 10.1 Å². The van der Waals surface area contributed by atoms with Gasteiger partial charge in [-0.1, -0.05) is 30.8 Å². The number of methoxy groups -OCH3 is 1. The maximum Gasteiger partial charge on any atom is 0.269 e. The van der Waals surface area contributed by atoms with Gasteiger partial charge in [0.15, 0.2) is 11.0 Å². The van der Waals surface area contributed by atoms with Crippen molar-refractivity contribution in [1.29, 1.82) is 0 Å². The van der Waals surface area contributed by atoms with Crippen LogP contribution >= 0.6 is 11.8 Å². The van der Waals surface area contributed by atoms with Crippen molar-refractivity contribution in [3.8, 4) is 22.8 Å². The first-order valence-corrected chi connectivity index (χ1v) is 12.8. The van der Waals surface area contributed by atoms with Crippen molar-refractivity contribution < 1.29 is 14.5 Å². The van der Waals surface area contributed by atoms with Crippen LogP contribution in [-0.2, 0) is 5.75 Å². The molecule has 0 fully saturated rings. The smallest absolute Gasteiger partial charge is 0.269 e. The molecule has 10 heteroatoms. The van der Waals surface area contributed by atoms with Crippen molar-refractivity contribution in [3.05, 3.63) is 94.0 Å². The standard InChI is InChI=1S/C27H27N5O4S/c1-4-18(2)28-26(33)21-7-5-19(6-8-21)17-37-27-30-29-25(20-9-11-23(12-10-20)32(34)35)31(27)22-13-15-24(36-3)16-14-22/h5-16,18H,4,17H2,1-3H3,(H,28,33). The summed E-state index contributed by atoms with van der Waals surface area (Å²) < 4.78 is 7.20. The lowest BCUT2D eigenvalue weighted by Crippen LogP contribution is -2.31. The molecule has 0 aliphatic heterocycles. The molecule has 1 amide bonds. The number of nitrogens with zero attached hydrogens (tertiary/aromatic N) is 4. The van der Waals surface area contributed by atoms with Gasteiger partial charge >= 0.3 is 0 Å². The molecule has 0 saturated heterocycles. The van der Waals surface area contributed by atoms with E-state index in [0.29, 0.717) is 27.9 Å². The Balaban J connectivity index is 1.59. The molecule has 1 N–H and O–H groups in total. The van der Waals surface area contributed by atoms with Crippen LogP contribution in [-0.4, -0.2) is 38.7 Å². The van der Waals surface area contributed by atoms with Gasteiger partial charge < -0.3 is 10.1 Å². The number of hydrogen-bond acceptors (Lipinski definition) is 7. The van der Waals surface area contributed by atoms with Crippen LogP contribution < -0.4 is 10.1 Å². The van der Waals surface area contributed by atoms with Gasteiger partial charge in [-0.15, -0.1) is 10.2 Å². The maximum absolute atomic E-state index is 12.4. The number of amides is 1. The Morgan fingerprint density at radius 1 is 1.05 bits per heavy atom. The summed E-state index contributed by atoms with van der Waals surface area (Å²) in [5, 5.41) is 23.5. The highest BCUT2D eigenvalue weighted by atomic mass is 32.2. The molecule has 4 rings (SSSR count). The first-order valence-electron chi connectivity index (χ1n) is 11.8. The third-order valence-corrected chi connectivity index (χ3v) is 6.87. The Hall–Kier alpha value is -4.18. The minimum Gasteiger partial charge on any atom is -0.497 e. The molecule has 1 aromatic heterocycles. The predicted molar refractivity (Wildman–Crippen MR) is 143 cm³/mol. The fourth-order valence-electron chi connectivity index (χ4n) is 3.56. The van der Waals surface area contributed by atoms with E-state index in [9.17, 15) is 14.9 Å². The zero-order valence-corrected chi connectivity index (χ0v) is 21.6. The number of nitrogens with one attached hydrogen (secondary N) is 1. The van der Waals surface area contributed by atoms with Crippen molar-refractivity contribution in [2.75, 3.05) is 7.11 Å². The molecular formula is C27H27N5O4S. The average molecular weight is 518 g/mol. The minimum absolute atomic E-state index is 0.00939. The van der Waals surface area contributed by atoms with Gasteiger partial charge in [-0.3, -0.25) is 19.5 Å². The summed E-state index contributed by atoms with van der Waals surface area (Å²) in [7, 11) is 1.61. The monoisotopic (exact) mass is 517 g/mol. The molecule has 0 bridgehead atoms. The minimum atomic E-state index is -0.432. The Labute approximate surface area is 219 Å². The van der Waals surface area contributed by atoms with Gasteiger partial charge in [0.25, 0.3) is 11.6 Å². The van der Waals surface area contributed by atoms with Crippen molar-refractivity contribution in [1.82, 2.24) is 20.1 Å². The maximum atomic E-state index is 12.4. The number of nitro groups is 1. The molecule has 190 valence electrons. The quantitative estimate of drug-likeness (QED) is 0.164. The molecule has 1 heterocycles. The number of benzene rings is 3. The van der Waals surface area contributed by atoms with Crippen molar-refractivity contribution >= 4 is 23.4 Å². The average Bonchev–Trinajstić information content (AvgIpc) is 3.36. The fraction of sp³-hybridized carbons (Fsp3) is 0.222. The molecule has 4 aromatic rings. The molecule has 0 aliphatic rings. The second kappa shape index (κ2) is 11.7. The second-order valence-corrected chi connectivity index (χ2v) is 9.35. The number of nitro benzene ring substituents is 1. The van der Waals surface area contributed by atoms with E-state index in [2.05, 4.69) is 15.5 Å². The molecule has 0 saturated carbocycles. The van der Waals surface area contributed by atoms with Crippen LogP contribution in [0.1, 0.15) is 36.2 Å². The molecule has 1 atom stereocenters. The zero-order chi connectivity index (χ0) is 26.4. The number of hydrogen-bond donors (Lipinski definition) is 1. The van der Waals surface area contributed by atoms with Gasteiger partial charge in [0, 0.05) is 40.7 Å². The number of rotatable bonds is 10. The van der Waals surface area contributed by atoms with Crippen LogP contribution in [0.25, 0.3) is 17.1 Å². The Kier molecular flexibility index (Phi) is 8.19. The molecule has 37 heavy (non-hydrogen) atoms. The first-order chi connectivity index (χ1) is 17.9. The third kappa shape index (κ3) is 6.15. The normalized spacial score (nSPS) is 11.6. The van der Waals surface area contributed by atoms with E-state index in [0.717, 1.165) is 23.4 Å². The summed E-state index contributed by atoms with van der Waals surface area (Å²) in [4.78, 5) is 23.0. The van der Waals surface area contributed by atoms with Crippen LogP contribution in [0.5, 0.6) is 5.75 Å². The second-order valence-electron chi connectivity index (χ2n) is 8.41. The summed E-state index contributed by atoms with van der Waals surface area (Å²) in [5.74, 6) is 1.82.